The lowest BCUT2D eigenvalue weighted by atomic mass is 9.77. The molecule has 0 bridgehead atoms. The largest absolute Gasteiger partial charge is 0.432 e. The first kappa shape index (κ1) is 35.3. The molecular weight excluding hydrogens is 650 g/mol. The molecule has 48 heavy (non-hydrogen) atoms. The van der Waals surface area contributed by atoms with Gasteiger partial charge in [0.2, 0.25) is 0 Å². The molecule has 256 valence electrons. The van der Waals surface area contributed by atoms with Crippen molar-refractivity contribution in [3.63, 3.8) is 0 Å². The highest BCUT2D eigenvalue weighted by Gasteiger charge is 2.41. The Morgan fingerprint density at radius 3 is 1.73 bits per heavy atom. The lowest BCUT2D eigenvalue weighted by Gasteiger charge is -2.29. The van der Waals surface area contributed by atoms with Crippen LogP contribution in [0.2, 0.25) is 0 Å². The number of hydrogen-bond acceptors (Lipinski definition) is 1. The minimum Gasteiger partial charge on any atom is -0.429 e. The highest BCUT2D eigenvalue weighted by atomic mass is 19.3. The fourth-order valence-corrected chi connectivity index (χ4v) is 6.43. The molecule has 1 fully saturated rings. The van der Waals surface area contributed by atoms with E-state index in [0.29, 0.717) is 36.2 Å². The summed E-state index contributed by atoms with van der Waals surface area (Å²) in [5.74, 6) is -9.00. The molecule has 0 aromatic heterocycles. The van der Waals surface area contributed by atoms with Gasteiger partial charge in [0.15, 0.2) is 0 Å². The van der Waals surface area contributed by atoms with Gasteiger partial charge in [0.25, 0.3) is 6.43 Å². The van der Waals surface area contributed by atoms with Crippen molar-refractivity contribution < 1.29 is 48.6 Å². The van der Waals surface area contributed by atoms with Gasteiger partial charge in [-0.2, -0.15) is 8.78 Å². The van der Waals surface area contributed by atoms with Crippen molar-refractivity contribution in [2.75, 3.05) is 0 Å². The molecule has 4 aromatic rings. The lowest BCUT2D eigenvalue weighted by Crippen LogP contribution is -2.25. The van der Waals surface area contributed by atoms with E-state index >= 15 is 22.0 Å². The van der Waals surface area contributed by atoms with Crippen molar-refractivity contribution in [1.82, 2.24) is 0 Å². The molecule has 1 aliphatic rings. The van der Waals surface area contributed by atoms with Crippen molar-refractivity contribution in [2.45, 2.75) is 76.7 Å². The number of benzene rings is 4. The second kappa shape index (κ2) is 14.6. The molecule has 4 aromatic carbocycles. The molecule has 0 unspecified atom stereocenters. The van der Waals surface area contributed by atoms with Gasteiger partial charge in [-0.3, -0.25) is 0 Å². The van der Waals surface area contributed by atoms with Crippen LogP contribution in [0, 0.1) is 40.8 Å². The highest BCUT2D eigenvalue weighted by Crippen LogP contribution is 2.41. The minimum atomic E-state index is -4.68. The van der Waals surface area contributed by atoms with E-state index in [1.807, 2.05) is 0 Å². The van der Waals surface area contributed by atoms with E-state index in [9.17, 15) is 22.0 Å². The highest BCUT2D eigenvalue weighted by molar-refractivity contribution is 5.67. The van der Waals surface area contributed by atoms with Crippen LogP contribution in [-0.2, 0) is 6.11 Å². The standard InChI is InChI=1S/C37H32F10O/c1-2-3-4-5-20-6-8-21(9-7-20)22-10-12-26(28(38)14-22)24-17-32(42)35(33(43)18-24)37(46,47)48-25-11-13-27(29(39)19-25)23-15-30(40)34(36(44)45)31(41)16-23/h10-21,36H,2-9H2,1H3. The maximum atomic E-state index is 15.2. The summed E-state index contributed by atoms with van der Waals surface area (Å²) in [5, 5.41) is 0. The number of unbranched alkanes of at least 4 members (excludes halogenated alkanes) is 2. The van der Waals surface area contributed by atoms with Crippen LogP contribution in [0.3, 0.4) is 0 Å². The van der Waals surface area contributed by atoms with E-state index in [1.165, 1.54) is 31.4 Å². The summed E-state index contributed by atoms with van der Waals surface area (Å²) in [6.07, 6.45) is 0.468. The van der Waals surface area contributed by atoms with Crippen LogP contribution in [0.25, 0.3) is 22.3 Å². The van der Waals surface area contributed by atoms with E-state index in [1.54, 1.807) is 6.07 Å². The zero-order valence-corrected chi connectivity index (χ0v) is 25.9. The molecular formula is C37H32F10O. The zero-order chi connectivity index (χ0) is 34.7. The topological polar surface area (TPSA) is 9.23 Å². The number of rotatable bonds is 11. The van der Waals surface area contributed by atoms with Crippen LogP contribution in [-0.4, -0.2) is 0 Å². The van der Waals surface area contributed by atoms with Crippen LogP contribution in [0.4, 0.5) is 43.9 Å². The molecule has 0 heterocycles. The third-order valence-corrected chi connectivity index (χ3v) is 8.97. The van der Waals surface area contributed by atoms with Gasteiger partial charge in [0.05, 0.1) is 5.56 Å². The summed E-state index contributed by atoms with van der Waals surface area (Å²) < 4.78 is 148. The molecule has 0 N–H and O–H groups in total. The Balaban J connectivity index is 1.31. The molecule has 0 spiro atoms. The second-order valence-electron chi connectivity index (χ2n) is 12.2. The van der Waals surface area contributed by atoms with Gasteiger partial charge < -0.3 is 4.74 Å². The van der Waals surface area contributed by atoms with Crippen molar-refractivity contribution in [3.8, 4) is 28.0 Å². The molecule has 5 rings (SSSR count). The summed E-state index contributed by atoms with van der Waals surface area (Å²) in [4.78, 5) is 0. The van der Waals surface area contributed by atoms with Crippen molar-refractivity contribution in [2.24, 2.45) is 5.92 Å². The average molecular weight is 683 g/mol. The molecule has 1 nitrogen and oxygen atoms in total. The number of halogens is 10. The first-order valence-electron chi connectivity index (χ1n) is 15.7. The Morgan fingerprint density at radius 2 is 1.21 bits per heavy atom. The van der Waals surface area contributed by atoms with Crippen molar-refractivity contribution >= 4 is 0 Å². The fraction of sp³-hybridized carbons (Fsp3) is 0.351. The van der Waals surface area contributed by atoms with Crippen LogP contribution in [0.5, 0.6) is 5.75 Å². The molecule has 0 atom stereocenters. The third-order valence-electron chi connectivity index (χ3n) is 8.97. The second-order valence-corrected chi connectivity index (χ2v) is 12.2. The monoisotopic (exact) mass is 682 g/mol. The Morgan fingerprint density at radius 1 is 0.667 bits per heavy atom. The number of hydrogen-bond donors (Lipinski definition) is 0. The minimum absolute atomic E-state index is 0.148. The normalized spacial score (nSPS) is 16.8. The van der Waals surface area contributed by atoms with Crippen LogP contribution in [0.15, 0.2) is 60.7 Å². The SMILES string of the molecule is CCCCCC1CCC(c2ccc(-c3cc(F)c(C(F)(F)Oc4ccc(-c5cc(F)c(C(F)F)c(F)c5)c(F)c4)c(F)c3)c(F)c2)CC1. The van der Waals surface area contributed by atoms with Gasteiger partial charge in [0.1, 0.15) is 46.2 Å². The Bertz CT molecular complexity index is 1720. The van der Waals surface area contributed by atoms with Gasteiger partial charge in [-0.05, 0) is 96.7 Å². The van der Waals surface area contributed by atoms with Gasteiger partial charge in [-0.15, -0.1) is 0 Å². The van der Waals surface area contributed by atoms with Crippen LogP contribution >= 0.6 is 0 Å². The molecule has 0 aliphatic heterocycles. The summed E-state index contributed by atoms with van der Waals surface area (Å²) in [5.41, 5.74) is -4.13. The summed E-state index contributed by atoms with van der Waals surface area (Å²) in [6.45, 7) is 2.16. The summed E-state index contributed by atoms with van der Waals surface area (Å²) >= 11 is 0. The van der Waals surface area contributed by atoms with E-state index in [4.69, 9.17) is 0 Å². The maximum absolute atomic E-state index is 15.2. The molecule has 1 saturated carbocycles. The van der Waals surface area contributed by atoms with Crippen molar-refractivity contribution in [1.29, 1.82) is 0 Å². The third kappa shape index (κ3) is 7.65. The van der Waals surface area contributed by atoms with Gasteiger partial charge in [0, 0.05) is 17.2 Å². The molecule has 0 radical (unpaired) electrons. The van der Waals surface area contributed by atoms with E-state index in [2.05, 4.69) is 11.7 Å². The summed E-state index contributed by atoms with van der Waals surface area (Å²) in [7, 11) is 0. The molecule has 11 heteroatoms. The quantitative estimate of drug-likeness (QED) is 0.113. The van der Waals surface area contributed by atoms with Crippen LogP contribution in [0.1, 0.15) is 87.3 Å². The van der Waals surface area contributed by atoms with E-state index < -0.39 is 75.4 Å². The maximum Gasteiger partial charge on any atom is 0.432 e. The first-order chi connectivity index (χ1) is 22.8. The number of ether oxygens (including phenoxy) is 1. The molecule has 0 amide bonds. The van der Waals surface area contributed by atoms with E-state index in [0.717, 1.165) is 49.8 Å². The predicted molar refractivity (Wildman–Crippen MR) is 162 cm³/mol. The van der Waals surface area contributed by atoms with Gasteiger partial charge in [-0.1, -0.05) is 44.7 Å². The van der Waals surface area contributed by atoms with Gasteiger partial charge >= 0.3 is 6.11 Å². The molecule has 1 aliphatic carbocycles. The predicted octanol–water partition coefficient (Wildman–Crippen LogP) is 12.8. The Labute approximate surface area is 271 Å². The lowest BCUT2D eigenvalue weighted by molar-refractivity contribution is -0.189. The van der Waals surface area contributed by atoms with Crippen LogP contribution < -0.4 is 4.74 Å². The van der Waals surface area contributed by atoms with E-state index in [-0.39, 0.29) is 17.0 Å². The summed E-state index contributed by atoms with van der Waals surface area (Å²) in [6, 6.07) is 8.23. The Hall–Kier alpha value is -4.02. The Kier molecular flexibility index (Phi) is 10.7. The number of alkyl halides is 4. The smallest absolute Gasteiger partial charge is 0.429 e. The fourth-order valence-electron chi connectivity index (χ4n) is 6.43. The molecule has 0 saturated heterocycles. The first-order valence-corrected chi connectivity index (χ1v) is 15.7. The zero-order valence-electron chi connectivity index (χ0n) is 25.9. The average Bonchev–Trinajstić information content (AvgIpc) is 3.00. The van der Waals surface area contributed by atoms with Gasteiger partial charge in [-0.25, -0.2) is 35.1 Å². The van der Waals surface area contributed by atoms with Crippen molar-refractivity contribution in [3.05, 3.63) is 112 Å².